The van der Waals surface area contributed by atoms with E-state index in [4.69, 9.17) is 10.5 Å². The van der Waals surface area contributed by atoms with Gasteiger partial charge >= 0.3 is 0 Å². The maximum atomic E-state index is 12.4. The molecule has 2 aliphatic rings. The fourth-order valence-corrected chi connectivity index (χ4v) is 2.58. The Kier molecular flexibility index (Phi) is 2.84. The number of rotatable bonds is 1. The monoisotopic (exact) mass is 240 g/mol. The van der Waals surface area contributed by atoms with Crippen LogP contribution in [0.15, 0.2) is 4.99 Å². The maximum Gasteiger partial charge on any atom is 0.267 e. The Balaban J connectivity index is 2.16. The van der Waals surface area contributed by atoms with Gasteiger partial charge in [-0.1, -0.05) is 11.8 Å². The molecule has 5 unspecified atom stereocenters. The van der Waals surface area contributed by atoms with Crippen molar-refractivity contribution >= 4 is 16.9 Å². The number of aliphatic hydroxyl groups excluding tert-OH is 2. The van der Waals surface area contributed by atoms with Crippen molar-refractivity contribution in [2.45, 2.75) is 36.2 Å². The van der Waals surface area contributed by atoms with Crippen LogP contribution in [0.5, 0.6) is 0 Å². The molecule has 0 aromatic rings. The summed E-state index contributed by atoms with van der Waals surface area (Å²) in [6, 6.07) is -0.764. The molecule has 8 heteroatoms. The fourth-order valence-electron chi connectivity index (χ4n) is 1.61. The van der Waals surface area contributed by atoms with Crippen molar-refractivity contribution in [2.75, 3.05) is 0 Å². The van der Waals surface area contributed by atoms with Crippen molar-refractivity contribution in [3.8, 4) is 0 Å². The van der Waals surface area contributed by atoms with Crippen LogP contribution in [0.25, 0.3) is 0 Å². The van der Waals surface area contributed by atoms with Gasteiger partial charge < -0.3 is 20.7 Å². The van der Waals surface area contributed by atoms with E-state index in [0.717, 1.165) is 11.8 Å². The van der Waals surface area contributed by atoms with E-state index >= 15 is 0 Å². The molecule has 0 radical (unpaired) electrons. The van der Waals surface area contributed by atoms with Crippen LogP contribution in [-0.2, 0) is 4.74 Å². The van der Waals surface area contributed by atoms with Gasteiger partial charge in [0, 0.05) is 0 Å². The van der Waals surface area contributed by atoms with E-state index in [1.807, 2.05) is 0 Å². The van der Waals surface area contributed by atoms with Gasteiger partial charge in [-0.15, -0.1) is 0 Å². The third-order valence-corrected chi connectivity index (χ3v) is 3.34. The summed E-state index contributed by atoms with van der Waals surface area (Å²) in [5.41, 5.74) is 4.64. The van der Waals surface area contributed by atoms with Gasteiger partial charge in [0.2, 0.25) is 0 Å². The molecule has 2 heterocycles. The Bertz CT molecular complexity index is 291. The number of hydrogen-bond donors (Lipinski definition) is 3. The van der Waals surface area contributed by atoms with E-state index in [0.29, 0.717) is 0 Å². The molecule has 15 heavy (non-hydrogen) atoms. The SMILES string of the molecule is NC1=NC2C(OC(C(F)F)C(O)C2O)S1. The highest BCUT2D eigenvalue weighted by atomic mass is 32.2. The number of alkyl halides is 2. The normalized spacial score (nSPS) is 45.4. The van der Waals surface area contributed by atoms with Gasteiger partial charge in [0.1, 0.15) is 29.8 Å². The average Bonchev–Trinajstić information content (AvgIpc) is 2.52. The highest BCUT2D eigenvalue weighted by Gasteiger charge is 2.50. The van der Waals surface area contributed by atoms with Gasteiger partial charge in [0.25, 0.3) is 6.43 Å². The van der Waals surface area contributed by atoms with E-state index in [2.05, 4.69) is 4.99 Å². The summed E-state index contributed by atoms with van der Waals surface area (Å²) in [4.78, 5) is 3.81. The van der Waals surface area contributed by atoms with E-state index in [1.165, 1.54) is 0 Å². The number of fused-ring (bicyclic) bond motifs is 1. The van der Waals surface area contributed by atoms with Gasteiger partial charge in [-0.25, -0.2) is 8.78 Å². The smallest absolute Gasteiger partial charge is 0.267 e. The van der Waals surface area contributed by atoms with Crippen molar-refractivity contribution in [3.63, 3.8) is 0 Å². The van der Waals surface area contributed by atoms with Crippen LogP contribution < -0.4 is 5.73 Å². The summed E-state index contributed by atoms with van der Waals surface area (Å²) >= 11 is 0.977. The van der Waals surface area contributed by atoms with Crippen LogP contribution in [0.3, 0.4) is 0 Å². The summed E-state index contributed by atoms with van der Waals surface area (Å²) in [5.74, 6) is 0. The quantitative estimate of drug-likeness (QED) is 0.554. The fraction of sp³-hybridized carbons (Fsp3) is 0.857. The first-order valence-corrected chi connectivity index (χ1v) is 5.18. The summed E-state index contributed by atoms with van der Waals surface area (Å²) in [6.07, 6.45) is -7.54. The van der Waals surface area contributed by atoms with Crippen LogP contribution in [0, 0.1) is 0 Å². The third-order valence-electron chi connectivity index (χ3n) is 2.37. The van der Waals surface area contributed by atoms with Gasteiger partial charge in [-0.3, -0.25) is 4.99 Å². The Hall–Kier alpha value is -0.440. The van der Waals surface area contributed by atoms with E-state index < -0.39 is 36.2 Å². The molecule has 4 N–H and O–H groups in total. The number of ether oxygens (including phenoxy) is 1. The average molecular weight is 240 g/mol. The highest BCUT2D eigenvalue weighted by Crippen LogP contribution is 2.36. The Morgan fingerprint density at radius 2 is 2.07 bits per heavy atom. The second-order valence-corrected chi connectivity index (χ2v) is 4.48. The first kappa shape index (κ1) is 11.1. The highest BCUT2D eigenvalue weighted by molar-refractivity contribution is 8.14. The molecule has 0 amide bonds. The number of amidine groups is 1. The second-order valence-electron chi connectivity index (χ2n) is 3.36. The van der Waals surface area contributed by atoms with Crippen LogP contribution in [0.2, 0.25) is 0 Å². The van der Waals surface area contributed by atoms with Crippen molar-refractivity contribution in [1.29, 1.82) is 0 Å². The topological polar surface area (TPSA) is 88.1 Å². The van der Waals surface area contributed by atoms with E-state index in [9.17, 15) is 19.0 Å². The minimum Gasteiger partial charge on any atom is -0.388 e. The Labute approximate surface area is 88.3 Å². The molecule has 0 aromatic carbocycles. The molecule has 2 aliphatic heterocycles. The molecule has 0 aromatic heterocycles. The molecule has 5 atom stereocenters. The summed E-state index contributed by atoms with van der Waals surface area (Å²) < 4.78 is 29.8. The number of nitrogens with zero attached hydrogens (tertiary/aromatic N) is 1. The zero-order chi connectivity index (χ0) is 11.2. The lowest BCUT2D eigenvalue weighted by molar-refractivity contribution is -0.193. The summed E-state index contributed by atoms with van der Waals surface area (Å²) in [5, 5.41) is 19.1. The molecule has 0 bridgehead atoms. The van der Waals surface area contributed by atoms with Crippen LogP contribution >= 0.6 is 11.8 Å². The van der Waals surface area contributed by atoms with Gasteiger partial charge in [0.15, 0.2) is 5.17 Å². The zero-order valence-corrected chi connectivity index (χ0v) is 8.27. The van der Waals surface area contributed by atoms with Crippen LogP contribution in [0.4, 0.5) is 8.78 Å². The molecule has 1 fully saturated rings. The third kappa shape index (κ3) is 1.82. The Morgan fingerprint density at radius 3 is 2.67 bits per heavy atom. The number of nitrogens with two attached hydrogens (primary N) is 1. The standard InChI is InChI=1S/C7H10F2N2O3S/c8-5(9)4-3(13)2(12)1-6(14-4)15-7(10)11-1/h1-6,12-13H,(H2,10,11). The molecular formula is C7H10F2N2O3S. The number of thioether (sulfide) groups is 1. The lowest BCUT2D eigenvalue weighted by Crippen LogP contribution is -2.56. The zero-order valence-electron chi connectivity index (χ0n) is 7.46. The second kappa shape index (κ2) is 3.85. The number of halogens is 2. The largest absolute Gasteiger partial charge is 0.388 e. The predicted molar refractivity (Wildman–Crippen MR) is 49.7 cm³/mol. The van der Waals surface area contributed by atoms with Crippen molar-refractivity contribution in [3.05, 3.63) is 0 Å². The van der Waals surface area contributed by atoms with Crippen molar-refractivity contribution in [1.82, 2.24) is 0 Å². The molecule has 0 saturated carbocycles. The summed E-state index contributed by atoms with van der Waals surface area (Å²) in [6.45, 7) is 0. The molecule has 2 rings (SSSR count). The van der Waals surface area contributed by atoms with E-state index in [1.54, 1.807) is 0 Å². The van der Waals surface area contributed by atoms with Gasteiger partial charge in [-0.05, 0) is 0 Å². The minimum atomic E-state index is -2.85. The molecular weight excluding hydrogens is 230 g/mol. The first-order valence-electron chi connectivity index (χ1n) is 4.30. The number of aliphatic imine (C=N–C) groups is 1. The van der Waals surface area contributed by atoms with Crippen molar-refractivity contribution in [2.24, 2.45) is 10.7 Å². The Morgan fingerprint density at radius 1 is 1.40 bits per heavy atom. The van der Waals surface area contributed by atoms with Gasteiger partial charge in [0.05, 0.1) is 0 Å². The molecule has 1 saturated heterocycles. The van der Waals surface area contributed by atoms with Crippen molar-refractivity contribution < 1.29 is 23.7 Å². The van der Waals surface area contributed by atoms with Crippen LogP contribution in [0.1, 0.15) is 0 Å². The summed E-state index contributed by atoms with van der Waals surface area (Å²) in [7, 11) is 0. The first-order chi connectivity index (χ1) is 7.00. The predicted octanol–water partition coefficient (Wildman–Crippen LogP) is -0.872. The van der Waals surface area contributed by atoms with Gasteiger partial charge in [-0.2, -0.15) is 0 Å². The molecule has 86 valence electrons. The molecule has 0 spiro atoms. The molecule has 5 nitrogen and oxygen atoms in total. The lowest BCUT2D eigenvalue weighted by atomic mass is 9.98. The number of aliphatic hydroxyl groups is 2. The molecule has 0 aliphatic carbocycles. The van der Waals surface area contributed by atoms with Crippen LogP contribution in [-0.4, -0.2) is 51.6 Å². The van der Waals surface area contributed by atoms with E-state index in [-0.39, 0.29) is 5.17 Å². The number of hydrogen-bond acceptors (Lipinski definition) is 6. The maximum absolute atomic E-state index is 12.4. The lowest BCUT2D eigenvalue weighted by Gasteiger charge is -2.37. The minimum absolute atomic E-state index is 0.172.